The van der Waals surface area contributed by atoms with Crippen LogP contribution >= 0.6 is 0 Å². The summed E-state index contributed by atoms with van der Waals surface area (Å²) >= 11 is 0. The summed E-state index contributed by atoms with van der Waals surface area (Å²) in [7, 11) is 0. The summed E-state index contributed by atoms with van der Waals surface area (Å²) in [5.41, 5.74) is 3.91. The highest BCUT2D eigenvalue weighted by atomic mass is 16.5. The topological polar surface area (TPSA) is 66.3 Å². The van der Waals surface area contributed by atoms with Crippen molar-refractivity contribution in [3.63, 3.8) is 0 Å². The third-order valence-electron chi connectivity index (χ3n) is 5.63. The molecule has 2 atom stereocenters. The molecule has 0 spiro atoms. The average molecular weight is 396 g/mol. The highest BCUT2D eigenvalue weighted by Gasteiger charge is 2.36. The van der Waals surface area contributed by atoms with Gasteiger partial charge in [-0.15, -0.1) is 0 Å². The van der Waals surface area contributed by atoms with Crippen molar-refractivity contribution in [2.24, 2.45) is 10.9 Å². The Morgan fingerprint density at radius 2 is 1.93 bits per heavy atom. The monoisotopic (exact) mass is 395 g/mol. The van der Waals surface area contributed by atoms with Crippen LogP contribution in [0.2, 0.25) is 0 Å². The lowest BCUT2D eigenvalue weighted by molar-refractivity contribution is -0.123. The lowest BCUT2D eigenvalue weighted by Crippen LogP contribution is -2.29. The summed E-state index contributed by atoms with van der Waals surface area (Å²) in [5, 5.41) is 4.34. The highest BCUT2D eigenvalue weighted by Crippen LogP contribution is 2.35. The number of hydrogen-bond acceptors (Lipinski definition) is 3. The van der Waals surface area contributed by atoms with E-state index in [0.717, 1.165) is 48.3 Å². The third-order valence-corrected chi connectivity index (χ3v) is 5.63. The molecule has 1 aromatic carbocycles. The first kappa shape index (κ1) is 19.6. The van der Waals surface area contributed by atoms with E-state index in [1.165, 1.54) is 0 Å². The number of rotatable bonds is 6. The number of ether oxygens (including phenoxy) is 1. The number of amides is 1. The lowest BCUT2D eigenvalue weighted by atomic mass is 9.97. The smallest absolute Gasteiger partial charge is 0.255 e. The number of benzene rings is 1. The van der Waals surface area contributed by atoms with Gasteiger partial charge in [0.2, 0.25) is 5.62 Å². The number of aryl methyl sites for hydroxylation is 3. The molecule has 1 saturated heterocycles. The fourth-order valence-corrected chi connectivity index (χ4v) is 4.21. The maximum Gasteiger partial charge on any atom is 0.255 e. The minimum absolute atomic E-state index is 0.112. The van der Waals surface area contributed by atoms with Gasteiger partial charge in [-0.2, -0.15) is 10.1 Å². The molecule has 7 heteroatoms. The molecule has 0 N–H and O–H groups in total. The first-order valence-corrected chi connectivity index (χ1v) is 10.6. The maximum absolute atomic E-state index is 13.3. The molecule has 0 radical (unpaired) electrons. The summed E-state index contributed by atoms with van der Waals surface area (Å²) in [4.78, 5) is 17.9. The van der Waals surface area contributed by atoms with E-state index in [0.29, 0.717) is 13.0 Å². The van der Waals surface area contributed by atoms with Crippen LogP contribution in [-0.2, 0) is 29.2 Å². The second-order valence-corrected chi connectivity index (χ2v) is 7.45. The Hall–Kier alpha value is -2.67. The normalized spacial score (nSPS) is 20.0. The quantitative estimate of drug-likeness (QED) is 0.643. The van der Waals surface area contributed by atoms with Crippen molar-refractivity contribution in [3.05, 3.63) is 47.8 Å². The molecule has 154 valence electrons. The zero-order valence-electron chi connectivity index (χ0n) is 17.4. The van der Waals surface area contributed by atoms with Crippen LogP contribution < -0.4 is 5.62 Å². The number of fused-ring (bicyclic) bond motifs is 1. The molecule has 29 heavy (non-hydrogen) atoms. The van der Waals surface area contributed by atoms with Gasteiger partial charge in [0, 0.05) is 38.0 Å². The van der Waals surface area contributed by atoms with Crippen LogP contribution in [0.1, 0.15) is 45.3 Å². The zero-order valence-corrected chi connectivity index (χ0v) is 17.4. The Bertz CT molecular complexity index is 1070. The largest absolute Gasteiger partial charge is 0.373 e. The van der Waals surface area contributed by atoms with Gasteiger partial charge in [-0.3, -0.25) is 9.48 Å². The molecule has 4 rings (SSSR count). The summed E-state index contributed by atoms with van der Waals surface area (Å²) in [6.07, 6.45) is 5.16. The second kappa shape index (κ2) is 8.37. The predicted molar refractivity (Wildman–Crippen MR) is 111 cm³/mol. The van der Waals surface area contributed by atoms with E-state index in [9.17, 15) is 4.79 Å². The molecule has 0 aliphatic carbocycles. The van der Waals surface area contributed by atoms with Crippen LogP contribution in [-0.4, -0.2) is 31.4 Å². The van der Waals surface area contributed by atoms with Crippen molar-refractivity contribution in [2.75, 3.05) is 6.61 Å². The van der Waals surface area contributed by atoms with Crippen molar-refractivity contribution in [1.82, 2.24) is 18.9 Å². The Morgan fingerprint density at radius 3 is 2.59 bits per heavy atom. The Kier molecular flexibility index (Phi) is 5.67. The molecule has 7 nitrogen and oxygen atoms in total. The number of carbonyl (C=O) groups is 1. The van der Waals surface area contributed by atoms with Crippen LogP contribution in [0.5, 0.6) is 0 Å². The average Bonchev–Trinajstić information content (AvgIpc) is 3.46. The van der Waals surface area contributed by atoms with E-state index in [1.54, 1.807) is 6.20 Å². The molecule has 3 aromatic rings. The summed E-state index contributed by atoms with van der Waals surface area (Å²) < 4.78 is 12.1. The maximum atomic E-state index is 13.3. The first-order chi connectivity index (χ1) is 14.2. The third kappa shape index (κ3) is 3.55. The molecule has 2 aromatic heterocycles. The molecule has 1 aliphatic heterocycles. The van der Waals surface area contributed by atoms with Gasteiger partial charge in [0.25, 0.3) is 5.91 Å². The Balaban J connectivity index is 1.76. The van der Waals surface area contributed by atoms with Gasteiger partial charge < -0.3 is 13.9 Å². The summed E-state index contributed by atoms with van der Waals surface area (Å²) in [6, 6.07) is 8.26. The fourth-order valence-electron chi connectivity index (χ4n) is 4.21. The second-order valence-electron chi connectivity index (χ2n) is 7.45. The standard InChI is InChI=1S/C22H29N5O2/c1-4-12-27-19-10-8-7-9-18(19)26(6-3)22(27)24-21(28)17-11-13-29-20(17)16-14-23-25(5-2)15-16/h7-10,14-15,17,20H,4-6,11-13H2,1-3H3/t17-,20+/m0/s1. The van der Waals surface area contributed by atoms with Crippen LogP contribution in [0.25, 0.3) is 11.0 Å². The van der Waals surface area contributed by atoms with E-state index >= 15 is 0 Å². The molecule has 0 saturated carbocycles. The molecule has 1 aliphatic rings. The van der Waals surface area contributed by atoms with Crippen molar-refractivity contribution in [2.45, 2.75) is 59.4 Å². The van der Waals surface area contributed by atoms with E-state index in [-0.39, 0.29) is 17.9 Å². The highest BCUT2D eigenvalue weighted by molar-refractivity contribution is 5.81. The number of para-hydroxylation sites is 2. The van der Waals surface area contributed by atoms with Crippen molar-refractivity contribution in [1.29, 1.82) is 0 Å². The minimum atomic E-state index is -0.275. The van der Waals surface area contributed by atoms with E-state index in [2.05, 4.69) is 45.2 Å². The number of nitrogens with zero attached hydrogens (tertiary/aromatic N) is 5. The van der Waals surface area contributed by atoms with Gasteiger partial charge in [0.05, 0.1) is 29.3 Å². The van der Waals surface area contributed by atoms with Crippen molar-refractivity contribution < 1.29 is 9.53 Å². The molecular weight excluding hydrogens is 366 g/mol. The Morgan fingerprint density at radius 1 is 1.17 bits per heavy atom. The van der Waals surface area contributed by atoms with Gasteiger partial charge in [0.15, 0.2) is 0 Å². The lowest BCUT2D eigenvalue weighted by Gasteiger charge is -2.14. The SMILES string of the molecule is CCCn1c(=NC(=O)[C@H]2CCO[C@@H]2c2cnn(CC)c2)n(CC)c2ccccc21. The molecule has 1 amide bonds. The van der Waals surface area contributed by atoms with Crippen molar-refractivity contribution >= 4 is 16.9 Å². The molecule has 0 bridgehead atoms. The van der Waals surface area contributed by atoms with Crippen LogP contribution in [0.4, 0.5) is 0 Å². The number of imidazole rings is 1. The molecule has 0 unspecified atom stereocenters. The zero-order chi connectivity index (χ0) is 20.4. The fraction of sp³-hybridized carbons (Fsp3) is 0.500. The van der Waals surface area contributed by atoms with Crippen molar-refractivity contribution in [3.8, 4) is 0 Å². The molecule has 1 fully saturated rings. The van der Waals surface area contributed by atoms with E-state index < -0.39 is 0 Å². The molecule has 3 heterocycles. The first-order valence-electron chi connectivity index (χ1n) is 10.6. The number of carbonyl (C=O) groups excluding carboxylic acids is 1. The number of aromatic nitrogens is 4. The Labute approximate surface area is 170 Å². The van der Waals surface area contributed by atoms with E-state index in [1.807, 2.05) is 29.9 Å². The van der Waals surface area contributed by atoms with E-state index in [4.69, 9.17) is 4.74 Å². The van der Waals surface area contributed by atoms with Gasteiger partial charge >= 0.3 is 0 Å². The molecular formula is C22H29N5O2. The predicted octanol–water partition coefficient (Wildman–Crippen LogP) is 3.29. The van der Waals surface area contributed by atoms with Gasteiger partial charge in [-0.1, -0.05) is 19.1 Å². The van der Waals surface area contributed by atoms with Crippen LogP contribution in [0.15, 0.2) is 41.7 Å². The van der Waals surface area contributed by atoms with Gasteiger partial charge in [0.1, 0.15) is 0 Å². The van der Waals surface area contributed by atoms with Crippen LogP contribution in [0.3, 0.4) is 0 Å². The number of hydrogen-bond donors (Lipinski definition) is 0. The van der Waals surface area contributed by atoms with Crippen LogP contribution in [0, 0.1) is 5.92 Å². The summed E-state index contributed by atoms with van der Waals surface area (Å²) in [6.45, 7) is 9.23. The minimum Gasteiger partial charge on any atom is -0.373 e. The van der Waals surface area contributed by atoms with Gasteiger partial charge in [-0.05, 0) is 38.8 Å². The van der Waals surface area contributed by atoms with Gasteiger partial charge in [-0.25, -0.2) is 0 Å². The summed E-state index contributed by atoms with van der Waals surface area (Å²) in [5.74, 6) is -0.387.